The second kappa shape index (κ2) is 8.89. The Morgan fingerprint density at radius 3 is 1.43 bits per heavy atom. The topological polar surface area (TPSA) is 19.6 Å². The number of hydrogen-bond acceptors (Lipinski definition) is 3. The Morgan fingerprint density at radius 1 is 0.783 bits per heavy atom. The van der Waals surface area contributed by atoms with Gasteiger partial charge in [0.1, 0.15) is 5.76 Å². The lowest BCUT2D eigenvalue weighted by molar-refractivity contribution is 0.114. The van der Waals surface area contributed by atoms with E-state index < -0.39 is 0 Å². The quantitative estimate of drug-likeness (QED) is 0.644. The number of aryl methyl sites for hydroxylation is 1. The Balaban J connectivity index is 3.05. The van der Waals surface area contributed by atoms with Crippen molar-refractivity contribution in [3.63, 3.8) is 0 Å². The molecule has 0 fully saturated rings. The van der Waals surface area contributed by atoms with Gasteiger partial charge in [-0.05, 0) is 73.9 Å². The van der Waals surface area contributed by atoms with Gasteiger partial charge in [-0.2, -0.15) is 0 Å². The molecule has 0 saturated carbocycles. The number of rotatable bonds is 9. The molecule has 0 saturated heterocycles. The van der Waals surface area contributed by atoms with Crippen LogP contribution in [-0.4, -0.2) is 47.1 Å². The van der Waals surface area contributed by atoms with Crippen molar-refractivity contribution in [3.8, 4) is 0 Å². The van der Waals surface area contributed by atoms with Crippen LogP contribution in [0.4, 0.5) is 0 Å². The van der Waals surface area contributed by atoms with Crippen molar-refractivity contribution in [2.45, 2.75) is 92.4 Å². The number of furan rings is 1. The van der Waals surface area contributed by atoms with Gasteiger partial charge in [-0.1, -0.05) is 0 Å². The number of hydrogen-bond donors (Lipinski definition) is 0. The van der Waals surface area contributed by atoms with Gasteiger partial charge in [0.25, 0.3) is 0 Å². The van der Waals surface area contributed by atoms with Crippen molar-refractivity contribution in [1.29, 1.82) is 0 Å². The first-order chi connectivity index (χ1) is 10.6. The maximum absolute atomic E-state index is 5.89. The lowest BCUT2D eigenvalue weighted by Crippen LogP contribution is -2.45. The molecule has 1 heterocycles. The lowest BCUT2D eigenvalue weighted by atomic mass is 9.98. The van der Waals surface area contributed by atoms with Crippen LogP contribution >= 0.6 is 0 Å². The first-order valence-corrected chi connectivity index (χ1v) is 9.20. The predicted molar refractivity (Wildman–Crippen MR) is 100 cm³/mol. The van der Waals surface area contributed by atoms with E-state index in [1.807, 2.05) is 6.26 Å². The molecule has 0 aliphatic heterocycles. The summed E-state index contributed by atoms with van der Waals surface area (Å²) in [6.07, 6.45) is 1.84. The van der Waals surface area contributed by atoms with E-state index in [1.54, 1.807) is 0 Å². The van der Waals surface area contributed by atoms with Gasteiger partial charge in [-0.3, -0.25) is 9.80 Å². The normalized spacial score (nSPS) is 13.0. The summed E-state index contributed by atoms with van der Waals surface area (Å²) in [5.41, 5.74) is 1.27. The van der Waals surface area contributed by atoms with Gasteiger partial charge in [-0.15, -0.1) is 0 Å². The Morgan fingerprint density at radius 2 is 1.17 bits per heavy atom. The minimum absolute atomic E-state index is 0.402. The first kappa shape index (κ1) is 20.2. The fourth-order valence-electron chi connectivity index (χ4n) is 3.57. The van der Waals surface area contributed by atoms with E-state index in [0.29, 0.717) is 30.1 Å². The van der Waals surface area contributed by atoms with Gasteiger partial charge in [0.15, 0.2) is 0 Å². The maximum atomic E-state index is 5.89. The van der Waals surface area contributed by atoms with Crippen LogP contribution in [0.25, 0.3) is 0 Å². The Kier molecular flexibility index (Phi) is 7.82. The third kappa shape index (κ3) is 5.65. The molecule has 3 nitrogen and oxygen atoms in total. The molecule has 1 aromatic rings. The molecular formula is C20H38N2O. The summed E-state index contributed by atoms with van der Waals surface area (Å²) in [5.74, 6) is 1.56. The molecule has 0 radical (unpaired) electrons. The van der Waals surface area contributed by atoms with Crippen molar-refractivity contribution in [3.05, 3.63) is 23.7 Å². The van der Waals surface area contributed by atoms with E-state index in [2.05, 4.69) is 78.2 Å². The summed E-state index contributed by atoms with van der Waals surface area (Å²) in [5, 5.41) is 0. The van der Waals surface area contributed by atoms with E-state index in [-0.39, 0.29) is 0 Å². The largest absolute Gasteiger partial charge is 0.469 e. The molecule has 0 aliphatic carbocycles. The highest BCUT2D eigenvalue weighted by molar-refractivity contribution is 5.20. The summed E-state index contributed by atoms with van der Waals surface area (Å²) < 4.78 is 5.89. The zero-order chi connectivity index (χ0) is 17.7. The van der Waals surface area contributed by atoms with E-state index in [4.69, 9.17) is 4.42 Å². The molecule has 0 atom stereocenters. The molecule has 0 unspecified atom stereocenters. The average molecular weight is 323 g/mol. The number of nitrogens with zero attached hydrogens (tertiary/aromatic N) is 2. The van der Waals surface area contributed by atoms with Crippen molar-refractivity contribution >= 4 is 0 Å². The SMILES string of the molecule is Cc1ccoc1C(CN(C(C)C)C(C)C)CN(C(C)C)C(C)C. The van der Waals surface area contributed by atoms with Crippen LogP contribution in [0.1, 0.15) is 72.6 Å². The fraction of sp³-hybridized carbons (Fsp3) is 0.800. The Bertz CT molecular complexity index is 410. The Hall–Kier alpha value is -0.800. The van der Waals surface area contributed by atoms with Crippen LogP contribution < -0.4 is 0 Å². The maximum Gasteiger partial charge on any atom is 0.112 e. The zero-order valence-corrected chi connectivity index (χ0v) is 16.8. The van der Waals surface area contributed by atoms with Crippen LogP contribution in [-0.2, 0) is 0 Å². The molecule has 0 bridgehead atoms. The standard InChI is InChI=1S/C20H38N2O/c1-14(2)21(15(3)4)12-19(20-18(9)10-11-23-20)13-22(16(5)6)17(7)8/h10-11,14-17,19H,12-13H2,1-9H3. The summed E-state index contributed by atoms with van der Waals surface area (Å²) in [7, 11) is 0. The van der Waals surface area contributed by atoms with E-state index in [0.717, 1.165) is 18.8 Å². The highest BCUT2D eigenvalue weighted by Gasteiger charge is 2.27. The van der Waals surface area contributed by atoms with E-state index >= 15 is 0 Å². The monoisotopic (exact) mass is 322 g/mol. The van der Waals surface area contributed by atoms with Gasteiger partial charge >= 0.3 is 0 Å². The minimum Gasteiger partial charge on any atom is -0.469 e. The molecular weight excluding hydrogens is 284 g/mol. The molecule has 23 heavy (non-hydrogen) atoms. The molecule has 0 aliphatic rings. The van der Waals surface area contributed by atoms with E-state index in [1.165, 1.54) is 5.56 Å². The fourth-order valence-corrected chi connectivity index (χ4v) is 3.57. The zero-order valence-electron chi connectivity index (χ0n) is 16.8. The van der Waals surface area contributed by atoms with E-state index in [9.17, 15) is 0 Å². The molecule has 0 N–H and O–H groups in total. The molecule has 3 heteroatoms. The van der Waals surface area contributed by atoms with Gasteiger partial charge in [0, 0.05) is 43.2 Å². The summed E-state index contributed by atoms with van der Waals surface area (Å²) in [4.78, 5) is 5.15. The minimum atomic E-state index is 0.402. The van der Waals surface area contributed by atoms with Crippen LogP contribution in [0.3, 0.4) is 0 Å². The van der Waals surface area contributed by atoms with Crippen molar-refractivity contribution in [1.82, 2.24) is 9.80 Å². The van der Waals surface area contributed by atoms with Crippen LogP contribution in [0, 0.1) is 6.92 Å². The molecule has 1 aromatic heterocycles. The highest BCUT2D eigenvalue weighted by Crippen LogP contribution is 2.26. The summed E-state index contributed by atoms with van der Waals surface area (Å²) >= 11 is 0. The van der Waals surface area contributed by atoms with Gasteiger partial charge in [0.2, 0.25) is 0 Å². The van der Waals surface area contributed by atoms with Gasteiger partial charge in [0.05, 0.1) is 6.26 Å². The van der Waals surface area contributed by atoms with Crippen molar-refractivity contribution < 1.29 is 4.42 Å². The predicted octanol–water partition coefficient (Wildman–Crippen LogP) is 4.91. The second-order valence-corrected chi connectivity index (χ2v) is 7.93. The molecule has 134 valence electrons. The van der Waals surface area contributed by atoms with Crippen LogP contribution in [0.15, 0.2) is 16.7 Å². The van der Waals surface area contributed by atoms with Gasteiger partial charge < -0.3 is 4.42 Å². The van der Waals surface area contributed by atoms with Crippen molar-refractivity contribution in [2.75, 3.05) is 13.1 Å². The van der Waals surface area contributed by atoms with Crippen LogP contribution in [0.5, 0.6) is 0 Å². The first-order valence-electron chi connectivity index (χ1n) is 9.20. The highest BCUT2D eigenvalue weighted by atomic mass is 16.3. The van der Waals surface area contributed by atoms with Gasteiger partial charge in [-0.25, -0.2) is 0 Å². The van der Waals surface area contributed by atoms with Crippen molar-refractivity contribution in [2.24, 2.45) is 0 Å². The average Bonchev–Trinajstić information content (AvgIpc) is 2.83. The summed E-state index contributed by atoms with van der Waals surface area (Å²) in [6.45, 7) is 22.5. The molecule has 1 rings (SSSR count). The van der Waals surface area contributed by atoms with Crippen LogP contribution in [0.2, 0.25) is 0 Å². The smallest absolute Gasteiger partial charge is 0.112 e. The third-order valence-corrected chi connectivity index (χ3v) is 4.79. The summed E-state index contributed by atoms with van der Waals surface area (Å²) in [6, 6.07) is 4.25. The lowest BCUT2D eigenvalue weighted by Gasteiger charge is -2.38. The Labute approximate surface area is 144 Å². The molecule has 0 amide bonds. The molecule has 0 spiro atoms. The third-order valence-electron chi connectivity index (χ3n) is 4.79. The molecule has 0 aromatic carbocycles. The second-order valence-electron chi connectivity index (χ2n) is 7.93.